The van der Waals surface area contributed by atoms with E-state index in [1.54, 1.807) is 18.2 Å². The van der Waals surface area contributed by atoms with Crippen molar-refractivity contribution in [3.05, 3.63) is 65.2 Å². The van der Waals surface area contributed by atoms with Gasteiger partial charge in [0.1, 0.15) is 17.7 Å². The highest BCUT2D eigenvalue weighted by atomic mass is 16.5. The minimum atomic E-state index is -0.264. The Bertz CT molecular complexity index is 806. The SMILES string of the molecule is Cc1ccccc1CNC(=O)C1CC(Oc2cccc(C(=N)N)c2)CN1. The van der Waals surface area contributed by atoms with Gasteiger partial charge in [-0.1, -0.05) is 36.4 Å². The molecule has 2 unspecified atom stereocenters. The lowest BCUT2D eigenvalue weighted by Gasteiger charge is -2.14. The first kappa shape index (κ1) is 17.9. The molecule has 0 aromatic heterocycles. The van der Waals surface area contributed by atoms with Crippen molar-refractivity contribution in [1.29, 1.82) is 5.41 Å². The first-order valence-corrected chi connectivity index (χ1v) is 8.69. The number of ether oxygens (including phenoxy) is 1. The Kier molecular flexibility index (Phi) is 5.53. The summed E-state index contributed by atoms with van der Waals surface area (Å²) in [6, 6.07) is 14.9. The Morgan fingerprint density at radius 3 is 2.88 bits per heavy atom. The predicted octanol–water partition coefficient (Wildman–Crippen LogP) is 1.70. The van der Waals surface area contributed by atoms with E-state index in [0.717, 1.165) is 5.56 Å². The highest BCUT2D eigenvalue weighted by Gasteiger charge is 2.30. The van der Waals surface area contributed by atoms with E-state index in [0.29, 0.717) is 30.8 Å². The maximum absolute atomic E-state index is 12.4. The van der Waals surface area contributed by atoms with Crippen LogP contribution in [0, 0.1) is 12.3 Å². The normalized spacial score (nSPS) is 19.1. The number of nitrogens with two attached hydrogens (primary N) is 1. The molecule has 0 radical (unpaired) electrons. The molecule has 2 aromatic carbocycles. The minimum Gasteiger partial charge on any atom is -0.489 e. The fourth-order valence-electron chi connectivity index (χ4n) is 3.04. The van der Waals surface area contributed by atoms with Gasteiger partial charge in [0.05, 0.1) is 6.04 Å². The van der Waals surface area contributed by atoms with Crippen LogP contribution < -0.4 is 21.1 Å². The highest BCUT2D eigenvalue weighted by Crippen LogP contribution is 2.19. The number of carbonyl (C=O) groups is 1. The molecule has 0 spiro atoms. The number of nitrogens with one attached hydrogen (secondary N) is 3. The summed E-state index contributed by atoms with van der Waals surface area (Å²) in [7, 11) is 0. The van der Waals surface area contributed by atoms with Gasteiger partial charge >= 0.3 is 0 Å². The molecule has 2 atom stereocenters. The van der Waals surface area contributed by atoms with Gasteiger partial charge in [-0.2, -0.15) is 0 Å². The predicted molar refractivity (Wildman–Crippen MR) is 101 cm³/mol. The molecule has 1 heterocycles. The van der Waals surface area contributed by atoms with Crippen molar-refractivity contribution in [1.82, 2.24) is 10.6 Å². The molecule has 1 amide bonds. The second kappa shape index (κ2) is 8.01. The number of aryl methyl sites for hydroxylation is 1. The summed E-state index contributed by atoms with van der Waals surface area (Å²) in [6.45, 7) is 3.16. The quantitative estimate of drug-likeness (QED) is 0.470. The number of hydrogen-bond donors (Lipinski definition) is 4. The number of amides is 1. The number of rotatable bonds is 6. The van der Waals surface area contributed by atoms with E-state index < -0.39 is 0 Å². The molecule has 6 heteroatoms. The number of hydrogen-bond acceptors (Lipinski definition) is 4. The van der Waals surface area contributed by atoms with E-state index in [1.165, 1.54) is 5.56 Å². The number of nitrogen functional groups attached to an aromatic ring is 1. The topological polar surface area (TPSA) is 100 Å². The van der Waals surface area contributed by atoms with Crippen molar-refractivity contribution >= 4 is 11.7 Å². The Morgan fingerprint density at radius 2 is 2.12 bits per heavy atom. The summed E-state index contributed by atoms with van der Waals surface area (Å²) in [6.07, 6.45) is 0.510. The Balaban J connectivity index is 1.52. The van der Waals surface area contributed by atoms with Gasteiger partial charge < -0.3 is 21.1 Å². The molecule has 0 saturated carbocycles. The van der Waals surface area contributed by atoms with Gasteiger partial charge in [-0.05, 0) is 30.2 Å². The van der Waals surface area contributed by atoms with Gasteiger partial charge in [0.15, 0.2) is 0 Å². The fraction of sp³-hybridized carbons (Fsp3) is 0.300. The second-order valence-corrected chi connectivity index (χ2v) is 6.52. The molecular weight excluding hydrogens is 328 g/mol. The van der Waals surface area contributed by atoms with Gasteiger partial charge in [0.25, 0.3) is 0 Å². The van der Waals surface area contributed by atoms with Gasteiger partial charge in [0, 0.05) is 25.1 Å². The molecule has 1 aliphatic heterocycles. The third-order valence-electron chi connectivity index (χ3n) is 4.57. The number of benzene rings is 2. The zero-order valence-corrected chi connectivity index (χ0v) is 14.8. The summed E-state index contributed by atoms with van der Waals surface area (Å²) in [4.78, 5) is 12.4. The maximum Gasteiger partial charge on any atom is 0.237 e. The fourth-order valence-corrected chi connectivity index (χ4v) is 3.04. The van der Waals surface area contributed by atoms with Crippen molar-refractivity contribution in [2.75, 3.05) is 6.54 Å². The Morgan fingerprint density at radius 1 is 1.31 bits per heavy atom. The summed E-state index contributed by atoms with van der Waals surface area (Å²) in [5, 5.41) is 13.7. The molecule has 6 nitrogen and oxygen atoms in total. The minimum absolute atomic E-state index is 0.00783. The van der Waals surface area contributed by atoms with Crippen molar-refractivity contribution < 1.29 is 9.53 Å². The van der Waals surface area contributed by atoms with E-state index >= 15 is 0 Å². The van der Waals surface area contributed by atoms with Crippen LogP contribution in [0.4, 0.5) is 0 Å². The third-order valence-corrected chi connectivity index (χ3v) is 4.57. The van der Waals surface area contributed by atoms with Crippen LogP contribution in [-0.4, -0.2) is 30.4 Å². The molecule has 1 aliphatic rings. The van der Waals surface area contributed by atoms with E-state index in [-0.39, 0.29) is 23.9 Å². The van der Waals surface area contributed by atoms with Crippen molar-refractivity contribution in [2.45, 2.75) is 32.0 Å². The molecule has 0 aliphatic carbocycles. The standard InChI is InChI=1S/C20H24N4O2/c1-13-5-2-3-6-15(13)11-24-20(25)18-10-17(12-23-18)26-16-8-4-7-14(9-16)19(21)22/h2-9,17-18,23H,10-12H2,1H3,(H3,21,22)(H,24,25). The Labute approximate surface area is 153 Å². The van der Waals surface area contributed by atoms with E-state index in [2.05, 4.69) is 10.6 Å². The molecule has 1 saturated heterocycles. The Hall–Kier alpha value is -2.86. The van der Waals surface area contributed by atoms with Crippen molar-refractivity contribution in [3.8, 4) is 5.75 Å². The molecule has 3 rings (SSSR count). The van der Waals surface area contributed by atoms with Crippen LogP contribution in [-0.2, 0) is 11.3 Å². The average molecular weight is 352 g/mol. The van der Waals surface area contributed by atoms with Crippen LogP contribution >= 0.6 is 0 Å². The first-order valence-electron chi connectivity index (χ1n) is 8.69. The summed E-state index contributed by atoms with van der Waals surface area (Å²) < 4.78 is 5.93. The first-order chi connectivity index (χ1) is 12.5. The van der Waals surface area contributed by atoms with Gasteiger partial charge in [-0.15, -0.1) is 0 Å². The van der Waals surface area contributed by atoms with Crippen molar-refractivity contribution in [2.24, 2.45) is 5.73 Å². The smallest absolute Gasteiger partial charge is 0.237 e. The lowest BCUT2D eigenvalue weighted by molar-refractivity contribution is -0.123. The average Bonchev–Trinajstić information content (AvgIpc) is 3.09. The van der Waals surface area contributed by atoms with Crippen LogP contribution in [0.2, 0.25) is 0 Å². The van der Waals surface area contributed by atoms with Gasteiger partial charge in [-0.3, -0.25) is 10.2 Å². The molecular formula is C20H24N4O2. The third kappa shape index (κ3) is 4.40. The second-order valence-electron chi connectivity index (χ2n) is 6.52. The lowest BCUT2D eigenvalue weighted by atomic mass is 10.1. The number of amidine groups is 1. The number of carbonyl (C=O) groups excluding carboxylic acids is 1. The molecule has 136 valence electrons. The molecule has 0 bridgehead atoms. The zero-order chi connectivity index (χ0) is 18.5. The van der Waals surface area contributed by atoms with Crippen LogP contribution in [0.15, 0.2) is 48.5 Å². The summed E-state index contributed by atoms with van der Waals surface area (Å²) >= 11 is 0. The highest BCUT2D eigenvalue weighted by molar-refractivity contribution is 5.95. The van der Waals surface area contributed by atoms with Gasteiger partial charge in [0.2, 0.25) is 5.91 Å². The molecule has 26 heavy (non-hydrogen) atoms. The largest absolute Gasteiger partial charge is 0.489 e. The van der Waals surface area contributed by atoms with Crippen LogP contribution in [0.3, 0.4) is 0 Å². The van der Waals surface area contributed by atoms with E-state index in [4.69, 9.17) is 15.9 Å². The van der Waals surface area contributed by atoms with E-state index in [9.17, 15) is 4.79 Å². The van der Waals surface area contributed by atoms with Crippen LogP contribution in [0.1, 0.15) is 23.1 Å². The van der Waals surface area contributed by atoms with Crippen molar-refractivity contribution in [3.63, 3.8) is 0 Å². The summed E-state index contributed by atoms with van der Waals surface area (Å²) in [5.74, 6) is 0.649. The van der Waals surface area contributed by atoms with E-state index in [1.807, 2.05) is 37.3 Å². The van der Waals surface area contributed by atoms with Crippen LogP contribution in [0.25, 0.3) is 0 Å². The summed E-state index contributed by atoms with van der Waals surface area (Å²) in [5.41, 5.74) is 8.42. The van der Waals surface area contributed by atoms with Gasteiger partial charge in [-0.25, -0.2) is 0 Å². The lowest BCUT2D eigenvalue weighted by Crippen LogP contribution is -2.40. The zero-order valence-electron chi connectivity index (χ0n) is 14.8. The maximum atomic E-state index is 12.4. The molecule has 2 aromatic rings. The molecule has 1 fully saturated rings. The molecule has 5 N–H and O–H groups in total. The van der Waals surface area contributed by atoms with Crippen LogP contribution in [0.5, 0.6) is 5.75 Å². The monoisotopic (exact) mass is 352 g/mol.